The molecule has 0 amide bonds. The van der Waals surface area contributed by atoms with Crippen LogP contribution in [0.4, 0.5) is 0 Å². The molecule has 0 heterocycles. The fourth-order valence-electron chi connectivity index (χ4n) is 2.38. The van der Waals surface area contributed by atoms with Crippen molar-refractivity contribution in [2.75, 3.05) is 19.8 Å². The maximum absolute atomic E-state index is 12.2. The van der Waals surface area contributed by atoms with Crippen LogP contribution in [0, 0.1) is 18.8 Å². The lowest BCUT2D eigenvalue weighted by Crippen LogP contribution is -2.20. The molecule has 138 valence electrons. The minimum atomic E-state index is -3.69. The summed E-state index contributed by atoms with van der Waals surface area (Å²) < 4.78 is 40.4. The molecule has 0 aliphatic heterocycles. The zero-order chi connectivity index (χ0) is 18.2. The van der Waals surface area contributed by atoms with E-state index >= 15 is 0 Å². The van der Waals surface area contributed by atoms with Crippen molar-refractivity contribution in [1.82, 2.24) is 0 Å². The van der Waals surface area contributed by atoms with Gasteiger partial charge in [-0.1, -0.05) is 31.5 Å². The van der Waals surface area contributed by atoms with E-state index in [1.54, 1.807) is 24.3 Å². The second-order valence-electron chi connectivity index (χ2n) is 6.35. The van der Waals surface area contributed by atoms with Gasteiger partial charge in [-0.3, -0.25) is 4.18 Å². The van der Waals surface area contributed by atoms with Crippen LogP contribution in [-0.4, -0.2) is 34.5 Å². The van der Waals surface area contributed by atoms with Gasteiger partial charge in [-0.2, -0.15) is 8.42 Å². The van der Waals surface area contributed by atoms with Crippen LogP contribution in [0.3, 0.4) is 0 Å². The van der Waals surface area contributed by atoms with E-state index in [-0.39, 0.29) is 23.7 Å². The average Bonchev–Trinajstić information content (AvgIpc) is 2.52. The summed E-state index contributed by atoms with van der Waals surface area (Å²) in [6.45, 7) is 11.1. The van der Waals surface area contributed by atoms with Crippen molar-refractivity contribution < 1.29 is 22.1 Å². The van der Waals surface area contributed by atoms with Gasteiger partial charge in [0.15, 0.2) is 6.29 Å². The van der Waals surface area contributed by atoms with Crippen molar-refractivity contribution in [2.24, 2.45) is 11.8 Å². The maximum Gasteiger partial charge on any atom is 0.296 e. The minimum absolute atomic E-state index is 0.117. The van der Waals surface area contributed by atoms with Gasteiger partial charge in [-0.25, -0.2) is 0 Å². The van der Waals surface area contributed by atoms with Gasteiger partial charge < -0.3 is 9.47 Å². The molecule has 0 fully saturated rings. The Hall–Kier alpha value is -0.950. The molecule has 0 bridgehead atoms. The molecule has 0 radical (unpaired) electrons. The van der Waals surface area contributed by atoms with E-state index < -0.39 is 10.1 Å². The van der Waals surface area contributed by atoms with Gasteiger partial charge in [-0.05, 0) is 51.2 Å². The quantitative estimate of drug-likeness (QED) is 0.445. The van der Waals surface area contributed by atoms with Crippen LogP contribution in [0.1, 0.15) is 39.7 Å². The first-order chi connectivity index (χ1) is 11.2. The Balaban J connectivity index is 2.39. The summed E-state index contributed by atoms with van der Waals surface area (Å²) in [5.41, 5.74) is 1.01. The summed E-state index contributed by atoms with van der Waals surface area (Å²) in [5.74, 6) is 0.416. The topological polar surface area (TPSA) is 61.8 Å². The van der Waals surface area contributed by atoms with Crippen molar-refractivity contribution in [2.45, 2.75) is 52.2 Å². The lowest BCUT2D eigenvalue weighted by atomic mass is 9.99. The van der Waals surface area contributed by atoms with Gasteiger partial charge in [0.25, 0.3) is 10.1 Å². The van der Waals surface area contributed by atoms with Crippen LogP contribution < -0.4 is 0 Å². The monoisotopic (exact) mass is 358 g/mol. The van der Waals surface area contributed by atoms with E-state index in [9.17, 15) is 8.42 Å². The third-order valence-corrected chi connectivity index (χ3v) is 4.93. The van der Waals surface area contributed by atoms with Crippen molar-refractivity contribution in [3.05, 3.63) is 29.8 Å². The highest BCUT2D eigenvalue weighted by Gasteiger charge is 2.18. The standard InChI is InChI=1S/C18H30O5S/c1-6-21-17(5)22-12-15(3)11-16(4)13-23-24(19,20)18-9-7-14(2)8-10-18/h7-10,15-17H,6,11-13H2,1-5H3/t15-,16+,17?/m1/s1. The fraction of sp³-hybridized carbons (Fsp3) is 0.667. The van der Waals surface area contributed by atoms with Gasteiger partial charge >= 0.3 is 0 Å². The Morgan fingerprint density at radius 2 is 1.54 bits per heavy atom. The van der Waals surface area contributed by atoms with Crippen LogP contribution in [0.25, 0.3) is 0 Å². The normalized spacial score (nSPS) is 15.9. The van der Waals surface area contributed by atoms with E-state index in [0.717, 1.165) is 12.0 Å². The second-order valence-corrected chi connectivity index (χ2v) is 7.97. The molecule has 3 atom stereocenters. The molecule has 0 N–H and O–H groups in total. The largest absolute Gasteiger partial charge is 0.353 e. The third-order valence-electron chi connectivity index (χ3n) is 3.64. The van der Waals surface area contributed by atoms with Gasteiger partial charge in [0.05, 0.1) is 18.1 Å². The minimum Gasteiger partial charge on any atom is -0.353 e. The van der Waals surface area contributed by atoms with E-state index in [1.165, 1.54) is 0 Å². The highest BCUT2D eigenvalue weighted by Crippen LogP contribution is 2.18. The highest BCUT2D eigenvalue weighted by molar-refractivity contribution is 7.86. The number of rotatable bonds is 11. The summed E-state index contributed by atoms with van der Waals surface area (Å²) in [6, 6.07) is 6.67. The van der Waals surface area contributed by atoms with Crippen LogP contribution in [-0.2, 0) is 23.8 Å². The summed E-state index contributed by atoms with van der Waals surface area (Å²) in [7, 11) is -3.69. The molecular weight excluding hydrogens is 328 g/mol. The Labute approximate surface area is 146 Å². The van der Waals surface area contributed by atoms with E-state index in [2.05, 4.69) is 6.92 Å². The zero-order valence-electron chi connectivity index (χ0n) is 15.3. The highest BCUT2D eigenvalue weighted by atomic mass is 32.2. The van der Waals surface area contributed by atoms with Crippen LogP contribution in [0.5, 0.6) is 0 Å². The molecule has 24 heavy (non-hydrogen) atoms. The summed E-state index contributed by atoms with van der Waals surface area (Å²) >= 11 is 0. The molecular formula is C18H30O5S. The molecule has 1 aromatic carbocycles. The lowest BCUT2D eigenvalue weighted by molar-refractivity contribution is -0.135. The van der Waals surface area contributed by atoms with Crippen LogP contribution in [0.15, 0.2) is 29.2 Å². The van der Waals surface area contributed by atoms with Crippen molar-refractivity contribution in [3.63, 3.8) is 0 Å². The van der Waals surface area contributed by atoms with Gasteiger partial charge in [0.1, 0.15) is 0 Å². The average molecular weight is 359 g/mol. The van der Waals surface area contributed by atoms with E-state index in [1.807, 2.05) is 27.7 Å². The third kappa shape index (κ3) is 7.75. The van der Waals surface area contributed by atoms with Crippen LogP contribution in [0.2, 0.25) is 0 Å². The van der Waals surface area contributed by atoms with Gasteiger partial charge in [0.2, 0.25) is 0 Å². The summed E-state index contributed by atoms with van der Waals surface area (Å²) in [6.07, 6.45) is 0.605. The number of ether oxygens (including phenoxy) is 2. The van der Waals surface area contributed by atoms with Gasteiger partial charge in [0, 0.05) is 6.61 Å². The first-order valence-electron chi connectivity index (χ1n) is 8.44. The van der Waals surface area contributed by atoms with Gasteiger partial charge in [-0.15, -0.1) is 0 Å². The fourth-order valence-corrected chi connectivity index (χ4v) is 3.40. The molecule has 0 saturated carbocycles. The number of hydrogen-bond donors (Lipinski definition) is 0. The molecule has 1 unspecified atom stereocenters. The Kier molecular flexibility index (Phi) is 8.91. The summed E-state index contributed by atoms with van der Waals surface area (Å²) in [5, 5.41) is 0. The first kappa shape index (κ1) is 21.1. The van der Waals surface area contributed by atoms with E-state index in [4.69, 9.17) is 13.7 Å². The van der Waals surface area contributed by atoms with E-state index in [0.29, 0.717) is 19.1 Å². The lowest BCUT2D eigenvalue weighted by Gasteiger charge is -2.20. The Morgan fingerprint density at radius 1 is 0.958 bits per heavy atom. The van der Waals surface area contributed by atoms with Crippen molar-refractivity contribution in [1.29, 1.82) is 0 Å². The molecule has 0 aliphatic carbocycles. The predicted octanol–water partition coefficient (Wildman–Crippen LogP) is 3.76. The smallest absolute Gasteiger partial charge is 0.296 e. The predicted molar refractivity (Wildman–Crippen MR) is 94.3 cm³/mol. The van der Waals surface area contributed by atoms with Crippen LogP contribution >= 0.6 is 0 Å². The molecule has 0 spiro atoms. The zero-order valence-corrected chi connectivity index (χ0v) is 16.1. The maximum atomic E-state index is 12.2. The molecule has 1 aromatic rings. The summed E-state index contributed by atoms with van der Waals surface area (Å²) in [4.78, 5) is 0.197. The van der Waals surface area contributed by atoms with Crippen molar-refractivity contribution in [3.8, 4) is 0 Å². The number of aryl methyl sites for hydroxylation is 1. The Morgan fingerprint density at radius 3 is 2.12 bits per heavy atom. The molecule has 0 aliphatic rings. The second kappa shape index (κ2) is 10.1. The first-order valence-corrected chi connectivity index (χ1v) is 9.84. The molecule has 0 saturated heterocycles. The molecule has 0 aromatic heterocycles. The SMILES string of the molecule is CCOC(C)OC[C@H](C)C[C@H](C)COS(=O)(=O)c1ccc(C)cc1. The number of hydrogen-bond acceptors (Lipinski definition) is 5. The number of benzene rings is 1. The molecule has 6 heteroatoms. The molecule has 5 nitrogen and oxygen atoms in total. The molecule has 1 rings (SSSR count). The van der Waals surface area contributed by atoms with Crippen molar-refractivity contribution >= 4 is 10.1 Å². The Bertz CT molecular complexity index is 568.